The van der Waals surface area contributed by atoms with E-state index in [1.165, 1.54) is 0 Å². The second-order valence-corrected chi connectivity index (χ2v) is 4.11. The first-order valence-electron chi connectivity index (χ1n) is 5.89. The molecule has 0 aromatic carbocycles. The molecular formula is C12H22N2O2. The minimum atomic E-state index is 0.130. The van der Waals surface area contributed by atoms with Gasteiger partial charge in [-0.1, -0.05) is 6.08 Å². The summed E-state index contributed by atoms with van der Waals surface area (Å²) < 4.78 is 5.01. The van der Waals surface area contributed by atoms with Gasteiger partial charge in [-0.25, -0.2) is 0 Å². The SMILES string of the molecule is C=CCN(CCOC)C(=O)[C@H]1CCCNC1. The molecule has 0 aromatic rings. The number of methoxy groups -OCH3 is 1. The molecular weight excluding hydrogens is 204 g/mol. The lowest BCUT2D eigenvalue weighted by Gasteiger charge is -2.28. The highest BCUT2D eigenvalue weighted by atomic mass is 16.5. The minimum Gasteiger partial charge on any atom is -0.383 e. The van der Waals surface area contributed by atoms with Crippen LogP contribution in [0.15, 0.2) is 12.7 Å². The molecule has 1 aliphatic rings. The summed E-state index contributed by atoms with van der Waals surface area (Å²) in [6, 6.07) is 0. The van der Waals surface area contributed by atoms with Gasteiger partial charge in [0.15, 0.2) is 0 Å². The molecule has 1 rings (SSSR count). The summed E-state index contributed by atoms with van der Waals surface area (Å²) in [5.41, 5.74) is 0. The molecule has 1 heterocycles. The molecule has 0 unspecified atom stereocenters. The zero-order valence-electron chi connectivity index (χ0n) is 10.1. The number of carbonyl (C=O) groups excluding carboxylic acids is 1. The number of carbonyl (C=O) groups is 1. The standard InChI is InChI=1S/C12H22N2O2/c1-3-7-14(8-9-16-2)12(15)11-5-4-6-13-10-11/h3,11,13H,1,4-10H2,2H3/t11-/m0/s1. The first-order chi connectivity index (χ1) is 7.79. The number of nitrogens with one attached hydrogen (secondary N) is 1. The maximum Gasteiger partial charge on any atom is 0.227 e. The molecule has 16 heavy (non-hydrogen) atoms. The Bertz CT molecular complexity index is 225. The molecule has 1 saturated heterocycles. The maximum atomic E-state index is 12.2. The second kappa shape index (κ2) is 7.41. The number of amides is 1. The fourth-order valence-corrected chi connectivity index (χ4v) is 1.97. The number of piperidine rings is 1. The molecule has 1 fully saturated rings. The van der Waals surface area contributed by atoms with Gasteiger partial charge in [0.1, 0.15) is 0 Å². The van der Waals surface area contributed by atoms with E-state index >= 15 is 0 Å². The molecule has 0 spiro atoms. The fourth-order valence-electron chi connectivity index (χ4n) is 1.97. The van der Waals surface area contributed by atoms with Crippen molar-refractivity contribution in [3.8, 4) is 0 Å². The van der Waals surface area contributed by atoms with Crippen LogP contribution in [0.1, 0.15) is 12.8 Å². The van der Waals surface area contributed by atoms with E-state index in [1.807, 2.05) is 4.90 Å². The van der Waals surface area contributed by atoms with Crippen LogP contribution in [0.4, 0.5) is 0 Å². The summed E-state index contributed by atoms with van der Waals surface area (Å²) in [5, 5.41) is 3.26. The van der Waals surface area contributed by atoms with Crippen molar-refractivity contribution in [3.63, 3.8) is 0 Å². The highest BCUT2D eigenvalue weighted by Crippen LogP contribution is 2.13. The van der Waals surface area contributed by atoms with Crippen LogP contribution in [-0.2, 0) is 9.53 Å². The van der Waals surface area contributed by atoms with Crippen LogP contribution in [0, 0.1) is 5.92 Å². The van der Waals surface area contributed by atoms with Crippen LogP contribution in [0.3, 0.4) is 0 Å². The second-order valence-electron chi connectivity index (χ2n) is 4.11. The van der Waals surface area contributed by atoms with E-state index in [2.05, 4.69) is 11.9 Å². The molecule has 0 aromatic heterocycles. The van der Waals surface area contributed by atoms with Gasteiger partial charge in [0.05, 0.1) is 12.5 Å². The molecule has 1 atom stereocenters. The van der Waals surface area contributed by atoms with Crippen LogP contribution in [0.2, 0.25) is 0 Å². The van der Waals surface area contributed by atoms with E-state index in [4.69, 9.17) is 4.74 Å². The van der Waals surface area contributed by atoms with Gasteiger partial charge < -0.3 is 15.0 Å². The zero-order valence-corrected chi connectivity index (χ0v) is 10.1. The lowest BCUT2D eigenvalue weighted by Crippen LogP contribution is -2.44. The molecule has 1 amide bonds. The Morgan fingerprint density at radius 2 is 2.50 bits per heavy atom. The van der Waals surface area contributed by atoms with E-state index in [1.54, 1.807) is 13.2 Å². The Labute approximate surface area is 97.6 Å². The van der Waals surface area contributed by atoms with Crippen molar-refractivity contribution in [3.05, 3.63) is 12.7 Å². The molecule has 0 aliphatic carbocycles. The number of hydrogen-bond acceptors (Lipinski definition) is 3. The third-order valence-corrected chi connectivity index (χ3v) is 2.87. The summed E-state index contributed by atoms with van der Waals surface area (Å²) in [4.78, 5) is 14.0. The third-order valence-electron chi connectivity index (χ3n) is 2.87. The van der Waals surface area contributed by atoms with Crippen LogP contribution >= 0.6 is 0 Å². The summed E-state index contributed by atoms with van der Waals surface area (Å²) >= 11 is 0. The largest absolute Gasteiger partial charge is 0.383 e. The molecule has 92 valence electrons. The van der Waals surface area contributed by atoms with Crippen molar-refractivity contribution in [2.24, 2.45) is 5.92 Å². The van der Waals surface area contributed by atoms with Gasteiger partial charge in [-0.05, 0) is 19.4 Å². The van der Waals surface area contributed by atoms with E-state index in [0.717, 1.165) is 25.9 Å². The van der Waals surface area contributed by atoms with Crippen LogP contribution in [-0.4, -0.2) is 50.7 Å². The van der Waals surface area contributed by atoms with Gasteiger partial charge in [0.2, 0.25) is 5.91 Å². The molecule has 4 heteroatoms. The summed E-state index contributed by atoms with van der Waals surface area (Å²) in [6.45, 7) is 7.37. The molecule has 0 radical (unpaired) electrons. The Hall–Kier alpha value is -0.870. The number of ether oxygens (including phenoxy) is 1. The normalized spacial score (nSPS) is 20.4. The summed E-state index contributed by atoms with van der Waals surface area (Å²) in [7, 11) is 1.65. The van der Waals surface area contributed by atoms with Gasteiger partial charge in [-0.15, -0.1) is 6.58 Å². The number of nitrogens with zero attached hydrogens (tertiary/aromatic N) is 1. The molecule has 1 N–H and O–H groups in total. The molecule has 0 bridgehead atoms. The average molecular weight is 226 g/mol. The number of rotatable bonds is 6. The first kappa shape index (κ1) is 13.2. The molecule has 4 nitrogen and oxygen atoms in total. The first-order valence-corrected chi connectivity index (χ1v) is 5.89. The molecule has 0 saturated carbocycles. The Morgan fingerprint density at radius 3 is 3.06 bits per heavy atom. The van der Waals surface area contributed by atoms with Gasteiger partial charge in [0.25, 0.3) is 0 Å². The average Bonchev–Trinajstić information content (AvgIpc) is 2.35. The maximum absolute atomic E-state index is 12.2. The topological polar surface area (TPSA) is 41.6 Å². The van der Waals surface area contributed by atoms with Crippen molar-refractivity contribution in [1.29, 1.82) is 0 Å². The monoisotopic (exact) mass is 226 g/mol. The van der Waals surface area contributed by atoms with Crippen molar-refractivity contribution >= 4 is 5.91 Å². The van der Waals surface area contributed by atoms with Crippen LogP contribution in [0.5, 0.6) is 0 Å². The van der Waals surface area contributed by atoms with Gasteiger partial charge in [-0.2, -0.15) is 0 Å². The number of hydrogen-bond donors (Lipinski definition) is 1. The van der Waals surface area contributed by atoms with Crippen LogP contribution in [0.25, 0.3) is 0 Å². The van der Waals surface area contributed by atoms with Crippen molar-refractivity contribution in [2.75, 3.05) is 39.9 Å². The van der Waals surface area contributed by atoms with Gasteiger partial charge >= 0.3 is 0 Å². The highest BCUT2D eigenvalue weighted by Gasteiger charge is 2.24. The van der Waals surface area contributed by atoms with Gasteiger partial charge in [-0.3, -0.25) is 4.79 Å². The lowest BCUT2D eigenvalue weighted by atomic mass is 9.98. The van der Waals surface area contributed by atoms with Crippen molar-refractivity contribution in [2.45, 2.75) is 12.8 Å². The zero-order chi connectivity index (χ0) is 11.8. The summed E-state index contributed by atoms with van der Waals surface area (Å²) in [6.07, 6.45) is 3.85. The lowest BCUT2D eigenvalue weighted by molar-refractivity contribution is -0.136. The highest BCUT2D eigenvalue weighted by molar-refractivity contribution is 5.79. The van der Waals surface area contributed by atoms with Crippen molar-refractivity contribution in [1.82, 2.24) is 10.2 Å². The summed E-state index contributed by atoms with van der Waals surface area (Å²) in [5.74, 6) is 0.356. The third kappa shape index (κ3) is 3.94. The minimum absolute atomic E-state index is 0.130. The van der Waals surface area contributed by atoms with Crippen LogP contribution < -0.4 is 5.32 Å². The quantitative estimate of drug-likeness (QED) is 0.676. The van der Waals surface area contributed by atoms with E-state index < -0.39 is 0 Å². The van der Waals surface area contributed by atoms with Crippen molar-refractivity contribution < 1.29 is 9.53 Å². The Balaban J connectivity index is 2.47. The van der Waals surface area contributed by atoms with E-state index in [9.17, 15) is 4.79 Å². The Morgan fingerprint density at radius 1 is 1.69 bits per heavy atom. The van der Waals surface area contributed by atoms with E-state index in [-0.39, 0.29) is 11.8 Å². The smallest absolute Gasteiger partial charge is 0.227 e. The predicted molar refractivity (Wildman–Crippen MR) is 64.2 cm³/mol. The van der Waals surface area contributed by atoms with E-state index in [0.29, 0.717) is 19.7 Å². The fraction of sp³-hybridized carbons (Fsp3) is 0.750. The Kier molecular flexibility index (Phi) is 6.11. The van der Waals surface area contributed by atoms with Gasteiger partial charge in [0, 0.05) is 26.7 Å². The predicted octanol–water partition coefficient (Wildman–Crippen LogP) is 0.647. The molecule has 1 aliphatic heterocycles.